The normalized spacial score (nSPS) is 26.8. The second-order valence-corrected chi connectivity index (χ2v) is 10.8. The number of aliphatic hydroxyl groups excluding tert-OH is 2. The molecule has 14 nitrogen and oxygen atoms in total. The molecule has 5 atom stereocenters. The van der Waals surface area contributed by atoms with Crippen LogP contribution in [0, 0.1) is 0 Å². The Bertz CT molecular complexity index is 1020. The van der Waals surface area contributed by atoms with Gasteiger partial charge in [0, 0.05) is 6.07 Å². The maximum atomic E-state index is 11.8. The molecule has 0 bridgehead atoms. The summed E-state index contributed by atoms with van der Waals surface area (Å²) in [5.74, 6) is -1.39. The lowest BCUT2D eigenvalue weighted by Gasteiger charge is -2.18. The second kappa shape index (κ2) is 8.77. The smallest absolute Gasteiger partial charge is 0.340 e. The standard InChI is InChI=1S/C13H19ClN4O10P2/c1-26-17-7-2-9(14)16-12-6(7)3-15-18(12)13-11(20)10(19)8(28-13)4-27-30(24,25)5-29(21,22)23/h2-3,8,10-11,13,19-20H,4-5H2,1H3,(H,16,17)(H,24,25)(H2,21,22,23)/t8-,10-,11-,13-/m1/s1. The maximum Gasteiger partial charge on any atom is 0.340 e. The number of aliphatic hydroxyl groups is 2. The molecule has 30 heavy (non-hydrogen) atoms. The first-order valence-electron chi connectivity index (χ1n) is 8.27. The van der Waals surface area contributed by atoms with Crippen LogP contribution >= 0.6 is 26.8 Å². The summed E-state index contributed by atoms with van der Waals surface area (Å²) in [7, 11) is -8.08. The van der Waals surface area contributed by atoms with Crippen LogP contribution in [0.1, 0.15) is 6.23 Å². The lowest BCUT2D eigenvalue weighted by Crippen LogP contribution is -2.33. The van der Waals surface area contributed by atoms with Crippen LogP contribution in [0.25, 0.3) is 11.0 Å². The van der Waals surface area contributed by atoms with Gasteiger partial charge in [0.25, 0.3) is 0 Å². The lowest BCUT2D eigenvalue weighted by atomic mass is 10.1. The highest BCUT2D eigenvalue weighted by molar-refractivity contribution is 7.70. The number of nitrogens with zero attached hydrogens (tertiary/aromatic N) is 3. The Hall–Kier alpha value is -1.15. The van der Waals surface area contributed by atoms with Crippen LogP contribution in [-0.4, -0.2) is 77.6 Å². The Balaban J connectivity index is 1.80. The Labute approximate surface area is 174 Å². The summed E-state index contributed by atoms with van der Waals surface area (Å²) >= 11 is 6.00. The number of anilines is 1. The van der Waals surface area contributed by atoms with E-state index in [2.05, 4.69) is 20.1 Å². The molecule has 3 rings (SSSR count). The highest BCUT2D eigenvalue weighted by Gasteiger charge is 2.46. The zero-order valence-corrected chi connectivity index (χ0v) is 17.8. The van der Waals surface area contributed by atoms with Crippen molar-refractivity contribution >= 4 is 43.5 Å². The van der Waals surface area contributed by atoms with Gasteiger partial charge in [-0.3, -0.25) is 19.4 Å². The number of hydrogen-bond donors (Lipinski definition) is 6. The number of hydrogen-bond acceptors (Lipinski definition) is 10. The number of fused-ring (bicyclic) bond motifs is 1. The molecule has 3 heterocycles. The summed E-state index contributed by atoms with van der Waals surface area (Å²) < 4.78 is 34.0. The van der Waals surface area contributed by atoms with E-state index in [4.69, 9.17) is 31.0 Å². The molecule has 2 aromatic rings. The van der Waals surface area contributed by atoms with Crippen molar-refractivity contribution in [2.75, 3.05) is 25.1 Å². The van der Waals surface area contributed by atoms with Gasteiger partial charge in [0.15, 0.2) is 17.8 Å². The lowest BCUT2D eigenvalue weighted by molar-refractivity contribution is -0.0541. The molecule has 0 aliphatic carbocycles. The average Bonchev–Trinajstić information content (AvgIpc) is 3.14. The number of halogens is 1. The molecule has 0 saturated carbocycles. The molecular formula is C13H19ClN4O10P2. The Morgan fingerprint density at radius 3 is 2.63 bits per heavy atom. The van der Waals surface area contributed by atoms with Gasteiger partial charge in [-0.25, -0.2) is 9.67 Å². The van der Waals surface area contributed by atoms with Crippen LogP contribution in [0.5, 0.6) is 0 Å². The third-order valence-corrected chi connectivity index (χ3v) is 7.78. The monoisotopic (exact) mass is 488 g/mol. The van der Waals surface area contributed by atoms with E-state index in [1.165, 1.54) is 19.4 Å². The molecule has 2 aromatic heterocycles. The average molecular weight is 489 g/mol. The molecule has 168 valence electrons. The minimum Gasteiger partial charge on any atom is -0.387 e. The number of aromatic nitrogens is 3. The molecule has 1 saturated heterocycles. The van der Waals surface area contributed by atoms with E-state index in [9.17, 15) is 24.2 Å². The molecule has 0 aromatic carbocycles. The first-order chi connectivity index (χ1) is 13.9. The van der Waals surface area contributed by atoms with Crippen molar-refractivity contribution in [3.8, 4) is 0 Å². The van der Waals surface area contributed by atoms with Crippen molar-refractivity contribution in [2.24, 2.45) is 0 Å². The highest BCUT2D eigenvalue weighted by atomic mass is 35.5. The molecule has 0 radical (unpaired) electrons. The van der Waals surface area contributed by atoms with Crippen molar-refractivity contribution < 1.29 is 48.1 Å². The van der Waals surface area contributed by atoms with Crippen LogP contribution in [-0.2, 0) is 23.2 Å². The van der Waals surface area contributed by atoms with E-state index in [1.807, 2.05) is 0 Å². The Morgan fingerprint density at radius 2 is 2.00 bits per heavy atom. The minimum absolute atomic E-state index is 0.0791. The van der Waals surface area contributed by atoms with Crippen molar-refractivity contribution in [3.63, 3.8) is 0 Å². The quantitative estimate of drug-likeness (QED) is 0.165. The number of nitrogens with one attached hydrogen (secondary N) is 1. The third kappa shape index (κ3) is 5.18. The first kappa shape index (κ1) is 23.5. The summed E-state index contributed by atoms with van der Waals surface area (Å²) in [5, 5.41) is 25.2. The third-order valence-electron chi connectivity index (χ3n) is 4.13. The van der Waals surface area contributed by atoms with E-state index in [1.54, 1.807) is 0 Å². The van der Waals surface area contributed by atoms with Gasteiger partial charge in [-0.2, -0.15) is 5.10 Å². The number of pyridine rings is 1. The molecule has 17 heteroatoms. The summed E-state index contributed by atoms with van der Waals surface area (Å²) in [6.07, 6.45) is -4.24. The Kier molecular flexibility index (Phi) is 6.87. The topological polar surface area (TPSA) is 206 Å². The van der Waals surface area contributed by atoms with Crippen molar-refractivity contribution in [1.82, 2.24) is 14.8 Å². The predicted molar refractivity (Wildman–Crippen MR) is 102 cm³/mol. The predicted octanol–water partition coefficient (Wildman–Crippen LogP) is 0.0144. The van der Waals surface area contributed by atoms with Gasteiger partial charge in [-0.05, 0) is 0 Å². The molecule has 1 aliphatic heterocycles. The van der Waals surface area contributed by atoms with Gasteiger partial charge in [-0.1, -0.05) is 11.6 Å². The van der Waals surface area contributed by atoms with Crippen LogP contribution in [0.2, 0.25) is 5.15 Å². The van der Waals surface area contributed by atoms with E-state index in [0.29, 0.717) is 11.1 Å². The van der Waals surface area contributed by atoms with Gasteiger partial charge < -0.3 is 34.2 Å². The molecule has 1 fully saturated rings. The van der Waals surface area contributed by atoms with Crippen LogP contribution in [0.15, 0.2) is 12.3 Å². The fraction of sp³-hybridized carbons (Fsp3) is 0.538. The fourth-order valence-electron chi connectivity index (χ4n) is 2.90. The van der Waals surface area contributed by atoms with Crippen molar-refractivity contribution in [1.29, 1.82) is 0 Å². The fourth-order valence-corrected chi connectivity index (χ4v) is 5.66. The largest absolute Gasteiger partial charge is 0.387 e. The molecule has 0 amide bonds. The van der Waals surface area contributed by atoms with E-state index in [0.717, 1.165) is 4.68 Å². The van der Waals surface area contributed by atoms with Crippen molar-refractivity contribution in [3.05, 3.63) is 17.4 Å². The molecule has 1 aliphatic rings. The molecule has 6 N–H and O–H groups in total. The summed E-state index contributed by atoms with van der Waals surface area (Å²) in [5.41, 5.74) is 3.23. The number of rotatable bonds is 8. The van der Waals surface area contributed by atoms with Crippen LogP contribution in [0.3, 0.4) is 0 Å². The maximum absolute atomic E-state index is 11.8. The van der Waals surface area contributed by atoms with Gasteiger partial charge in [0.2, 0.25) is 0 Å². The van der Waals surface area contributed by atoms with Gasteiger partial charge >= 0.3 is 15.2 Å². The van der Waals surface area contributed by atoms with Crippen molar-refractivity contribution in [2.45, 2.75) is 24.5 Å². The Morgan fingerprint density at radius 1 is 1.30 bits per heavy atom. The van der Waals surface area contributed by atoms with Gasteiger partial charge in [0.1, 0.15) is 23.5 Å². The van der Waals surface area contributed by atoms with Crippen LogP contribution in [0.4, 0.5) is 5.69 Å². The zero-order chi connectivity index (χ0) is 22.3. The zero-order valence-electron chi connectivity index (χ0n) is 15.3. The molecular weight excluding hydrogens is 470 g/mol. The summed E-state index contributed by atoms with van der Waals surface area (Å²) in [6.45, 7) is -0.716. The van der Waals surface area contributed by atoms with E-state index < -0.39 is 52.2 Å². The van der Waals surface area contributed by atoms with Gasteiger partial charge in [0.05, 0.1) is 31.0 Å². The highest BCUT2D eigenvalue weighted by Crippen LogP contribution is 2.55. The van der Waals surface area contributed by atoms with E-state index in [-0.39, 0.29) is 10.8 Å². The van der Waals surface area contributed by atoms with Gasteiger partial charge in [-0.15, -0.1) is 0 Å². The summed E-state index contributed by atoms with van der Waals surface area (Å²) in [6, 6.07) is 1.48. The summed E-state index contributed by atoms with van der Waals surface area (Å²) in [4.78, 5) is 36.2. The molecule has 1 unspecified atom stereocenters. The second-order valence-electron chi connectivity index (χ2n) is 6.41. The minimum atomic E-state index is -4.81. The first-order valence-corrected chi connectivity index (χ1v) is 12.2. The number of ether oxygens (including phenoxy) is 1. The van der Waals surface area contributed by atoms with E-state index >= 15 is 0 Å². The SMILES string of the molecule is CONc1cc(Cl)nc2c1cnn2[C@@H]1O[C@H](COP(=O)(O)CP(=O)(O)O)[C@@H](O)[C@H]1O. The molecule has 0 spiro atoms. The van der Waals surface area contributed by atoms with Crippen LogP contribution < -0.4 is 5.48 Å².